The SMILES string of the molecule is O=C(O)c1c[nH]c2cc(I)ccc2c1=O.O=c1cc[nH]c2cc(I)ccc12.c1ccc(Oc2ccccc2)cc1. The lowest BCUT2D eigenvalue weighted by Crippen LogP contribution is -2.15. The van der Waals surface area contributed by atoms with E-state index in [9.17, 15) is 14.4 Å². The molecule has 0 spiro atoms. The van der Waals surface area contributed by atoms with E-state index in [1.807, 2.05) is 78.9 Å². The van der Waals surface area contributed by atoms with Crippen LogP contribution in [0.15, 0.2) is 125 Å². The lowest BCUT2D eigenvalue weighted by atomic mass is 10.1. The van der Waals surface area contributed by atoms with Crippen molar-refractivity contribution in [1.82, 2.24) is 9.97 Å². The van der Waals surface area contributed by atoms with Crippen molar-refractivity contribution < 1.29 is 14.6 Å². The van der Waals surface area contributed by atoms with Crippen LogP contribution in [0.5, 0.6) is 11.5 Å². The van der Waals surface area contributed by atoms with Gasteiger partial charge >= 0.3 is 5.97 Å². The molecule has 0 atom stereocenters. The van der Waals surface area contributed by atoms with Gasteiger partial charge in [0.05, 0.1) is 11.0 Å². The standard InChI is InChI=1S/C12H10O.C10H6INO3.C9H6INO/c1-3-7-11(8-4-1)13-12-9-5-2-6-10-12;11-5-1-2-6-8(3-5)12-4-7(9(6)13)10(14)15;10-6-1-2-7-8(5-6)11-4-3-9(7)12/h1-10H;1-4H,(H,12,13)(H,14,15);1-5H,(H,11,12). The fraction of sp³-hybridized carbons (Fsp3) is 0. The first-order valence-corrected chi connectivity index (χ1v) is 14.1. The van der Waals surface area contributed by atoms with Crippen LogP contribution >= 0.6 is 45.2 Å². The van der Waals surface area contributed by atoms with E-state index in [0.29, 0.717) is 10.9 Å². The number of carboxylic acid groups (broad SMARTS) is 1. The molecule has 40 heavy (non-hydrogen) atoms. The molecular weight excluding hydrogens is 734 g/mol. The molecular formula is C31H22I2N2O5. The highest BCUT2D eigenvalue weighted by Crippen LogP contribution is 2.19. The molecule has 0 saturated heterocycles. The fourth-order valence-corrected chi connectivity index (χ4v) is 4.60. The minimum absolute atomic E-state index is 0.0696. The third-order valence-electron chi connectivity index (χ3n) is 5.52. The summed E-state index contributed by atoms with van der Waals surface area (Å²) < 4.78 is 7.69. The second-order valence-corrected chi connectivity index (χ2v) is 10.8. The highest BCUT2D eigenvalue weighted by Gasteiger charge is 2.10. The first kappa shape index (κ1) is 29.0. The molecule has 2 heterocycles. The van der Waals surface area contributed by atoms with Gasteiger partial charge in [-0.2, -0.15) is 0 Å². The Morgan fingerprint density at radius 2 is 1.20 bits per heavy atom. The van der Waals surface area contributed by atoms with Gasteiger partial charge in [-0.25, -0.2) is 4.79 Å². The molecule has 0 aliphatic heterocycles. The fourth-order valence-electron chi connectivity index (χ4n) is 3.61. The Morgan fingerprint density at radius 3 is 1.75 bits per heavy atom. The number of aromatic amines is 2. The Balaban J connectivity index is 0.000000140. The molecule has 6 rings (SSSR count). The number of halogens is 2. The van der Waals surface area contributed by atoms with Gasteiger partial charge in [0.15, 0.2) is 5.43 Å². The molecule has 0 radical (unpaired) electrons. The van der Waals surface area contributed by atoms with Crippen LogP contribution in [-0.4, -0.2) is 21.0 Å². The summed E-state index contributed by atoms with van der Waals surface area (Å²) in [5, 5.41) is 9.90. The smallest absolute Gasteiger partial charge is 0.341 e. The third-order valence-corrected chi connectivity index (χ3v) is 6.86. The van der Waals surface area contributed by atoms with E-state index >= 15 is 0 Å². The van der Waals surface area contributed by atoms with Crippen LogP contribution < -0.4 is 15.6 Å². The first-order chi connectivity index (χ1) is 19.3. The van der Waals surface area contributed by atoms with Crippen molar-refractivity contribution in [2.45, 2.75) is 0 Å². The van der Waals surface area contributed by atoms with E-state index in [0.717, 1.165) is 29.5 Å². The van der Waals surface area contributed by atoms with Crippen LogP contribution in [0.3, 0.4) is 0 Å². The Morgan fingerprint density at radius 1 is 0.675 bits per heavy atom. The van der Waals surface area contributed by atoms with Gasteiger partial charge < -0.3 is 19.8 Å². The zero-order valence-electron chi connectivity index (χ0n) is 20.8. The predicted octanol–water partition coefficient (Wildman–Crippen LogP) is 7.44. The summed E-state index contributed by atoms with van der Waals surface area (Å²) in [6.45, 7) is 0. The number of nitrogens with one attached hydrogen (secondary N) is 2. The van der Waals surface area contributed by atoms with Crippen molar-refractivity contribution in [2.24, 2.45) is 0 Å². The van der Waals surface area contributed by atoms with Crippen LogP contribution in [0.4, 0.5) is 0 Å². The molecule has 0 fully saturated rings. The number of ether oxygens (including phenoxy) is 1. The minimum Gasteiger partial charge on any atom is -0.477 e. The van der Waals surface area contributed by atoms with Crippen LogP contribution in [0, 0.1) is 7.14 Å². The monoisotopic (exact) mass is 756 g/mol. The zero-order valence-corrected chi connectivity index (χ0v) is 25.1. The van der Waals surface area contributed by atoms with Crippen molar-refractivity contribution in [2.75, 3.05) is 0 Å². The highest BCUT2D eigenvalue weighted by atomic mass is 127. The van der Waals surface area contributed by atoms with E-state index in [-0.39, 0.29) is 11.0 Å². The van der Waals surface area contributed by atoms with Gasteiger partial charge in [0.2, 0.25) is 5.43 Å². The van der Waals surface area contributed by atoms with E-state index in [4.69, 9.17) is 9.84 Å². The molecule has 0 unspecified atom stereocenters. The molecule has 0 saturated carbocycles. The number of H-pyrrole nitrogens is 2. The average Bonchev–Trinajstić information content (AvgIpc) is 2.95. The van der Waals surface area contributed by atoms with Gasteiger partial charge in [0.25, 0.3) is 0 Å². The largest absolute Gasteiger partial charge is 0.477 e. The number of carboxylic acids is 1. The number of carbonyl (C=O) groups is 1. The lowest BCUT2D eigenvalue weighted by Gasteiger charge is -2.03. The number of aromatic nitrogens is 2. The van der Waals surface area contributed by atoms with Crippen molar-refractivity contribution >= 4 is 73.0 Å². The first-order valence-electron chi connectivity index (χ1n) is 11.9. The average molecular weight is 756 g/mol. The highest BCUT2D eigenvalue weighted by molar-refractivity contribution is 14.1. The van der Waals surface area contributed by atoms with E-state index in [1.165, 1.54) is 12.3 Å². The second-order valence-electron chi connectivity index (χ2n) is 8.29. The molecule has 0 amide bonds. The molecule has 6 aromatic rings. The summed E-state index contributed by atoms with van der Waals surface area (Å²) in [4.78, 5) is 39.5. The van der Waals surface area contributed by atoms with Gasteiger partial charge in [0, 0.05) is 36.4 Å². The van der Waals surface area contributed by atoms with Gasteiger partial charge in [-0.05, 0) is 106 Å². The Labute approximate surface area is 256 Å². The maximum Gasteiger partial charge on any atom is 0.341 e. The summed E-state index contributed by atoms with van der Waals surface area (Å²) in [6.07, 6.45) is 2.89. The van der Waals surface area contributed by atoms with Crippen LogP contribution in [0.2, 0.25) is 0 Å². The predicted molar refractivity (Wildman–Crippen MR) is 174 cm³/mol. The van der Waals surface area contributed by atoms with Gasteiger partial charge in [-0.3, -0.25) is 9.59 Å². The summed E-state index contributed by atoms with van der Waals surface area (Å²) in [5.74, 6) is 0.527. The molecule has 7 nitrogen and oxygen atoms in total. The van der Waals surface area contributed by atoms with Gasteiger partial charge in [-0.1, -0.05) is 36.4 Å². The van der Waals surface area contributed by atoms with Crippen molar-refractivity contribution in [3.63, 3.8) is 0 Å². The third kappa shape index (κ3) is 7.79. The zero-order chi connectivity index (χ0) is 28.5. The minimum atomic E-state index is -1.21. The lowest BCUT2D eigenvalue weighted by molar-refractivity contribution is 0.0695. The van der Waals surface area contributed by atoms with Gasteiger partial charge in [0.1, 0.15) is 17.1 Å². The topological polar surface area (TPSA) is 112 Å². The maximum absolute atomic E-state index is 11.7. The number of para-hydroxylation sites is 2. The van der Waals surface area contributed by atoms with Crippen LogP contribution in [-0.2, 0) is 0 Å². The number of pyridine rings is 2. The number of benzene rings is 4. The summed E-state index contributed by atoms with van der Waals surface area (Å²) in [5.41, 5.74) is 0.933. The van der Waals surface area contributed by atoms with Crippen molar-refractivity contribution in [3.05, 3.63) is 149 Å². The normalized spacial score (nSPS) is 10.2. The molecule has 3 N–H and O–H groups in total. The summed E-state index contributed by atoms with van der Waals surface area (Å²) in [6, 6.07) is 32.0. The Bertz CT molecular complexity index is 1830. The molecule has 200 valence electrons. The molecule has 9 heteroatoms. The molecule has 0 aliphatic carbocycles. The van der Waals surface area contributed by atoms with Gasteiger partial charge in [-0.15, -0.1) is 0 Å². The summed E-state index contributed by atoms with van der Waals surface area (Å²) >= 11 is 4.34. The number of hydrogen-bond acceptors (Lipinski definition) is 4. The summed E-state index contributed by atoms with van der Waals surface area (Å²) in [7, 11) is 0. The molecule has 0 aliphatic rings. The Kier molecular flexibility index (Phi) is 10.1. The molecule has 4 aromatic carbocycles. The van der Waals surface area contributed by atoms with Crippen LogP contribution in [0.1, 0.15) is 10.4 Å². The number of aromatic carboxylic acids is 1. The van der Waals surface area contributed by atoms with E-state index in [2.05, 4.69) is 55.1 Å². The maximum atomic E-state index is 11.7. The number of rotatable bonds is 3. The quantitative estimate of drug-likeness (QED) is 0.163. The van der Waals surface area contributed by atoms with E-state index in [1.54, 1.807) is 24.4 Å². The Hall–Kier alpha value is -3.97. The second kappa shape index (κ2) is 13.9. The molecule has 0 bridgehead atoms. The van der Waals surface area contributed by atoms with E-state index < -0.39 is 11.4 Å². The van der Waals surface area contributed by atoms with Crippen molar-refractivity contribution in [3.8, 4) is 11.5 Å². The van der Waals surface area contributed by atoms with Crippen LogP contribution in [0.25, 0.3) is 21.8 Å². The number of fused-ring (bicyclic) bond motifs is 2. The molecule has 2 aromatic heterocycles. The van der Waals surface area contributed by atoms with Crippen molar-refractivity contribution in [1.29, 1.82) is 0 Å². The number of hydrogen-bond donors (Lipinski definition) is 3.